The van der Waals surface area contributed by atoms with Crippen molar-refractivity contribution in [2.75, 3.05) is 33.3 Å². The SMILES string of the molecule is COC12CCNC(=O)C(N)CCC/C=C\CNS(=O)(=O)c3cccc(c3)C(=O)N(C1)C2.O=C(O)C(F)(F)F. The molecule has 15 heteroatoms. The lowest BCUT2D eigenvalue weighted by Crippen LogP contribution is -2.65. The van der Waals surface area contributed by atoms with E-state index in [0.29, 0.717) is 44.5 Å². The number of amides is 2. The molecule has 0 saturated carbocycles. The van der Waals surface area contributed by atoms with Gasteiger partial charge in [0.25, 0.3) is 5.91 Å². The molecule has 1 aromatic carbocycles. The number of alkyl halides is 3. The van der Waals surface area contributed by atoms with Crippen LogP contribution in [-0.2, 0) is 24.3 Å². The van der Waals surface area contributed by atoms with Crippen LogP contribution in [0.3, 0.4) is 0 Å². The van der Waals surface area contributed by atoms with E-state index in [2.05, 4.69) is 10.0 Å². The number of rotatable bonds is 1. The maximum Gasteiger partial charge on any atom is 0.490 e. The summed E-state index contributed by atoms with van der Waals surface area (Å²) in [6.07, 6.45) is 0.989. The van der Waals surface area contributed by atoms with Gasteiger partial charge in [-0.3, -0.25) is 9.59 Å². The third-order valence-corrected chi connectivity index (χ3v) is 7.39. The molecule has 1 atom stereocenters. The summed E-state index contributed by atoms with van der Waals surface area (Å²) in [5.41, 5.74) is 5.72. The number of hydrogen-bond donors (Lipinski definition) is 4. The van der Waals surface area contributed by atoms with Crippen LogP contribution in [0.2, 0.25) is 0 Å². The quantitative estimate of drug-likeness (QED) is 0.367. The molecule has 1 unspecified atom stereocenters. The highest BCUT2D eigenvalue weighted by atomic mass is 32.2. The summed E-state index contributed by atoms with van der Waals surface area (Å²) in [6, 6.07) is 5.42. The Kier molecular flexibility index (Phi) is 10.8. The van der Waals surface area contributed by atoms with E-state index in [1.165, 1.54) is 12.1 Å². The molecule has 1 saturated heterocycles. The van der Waals surface area contributed by atoms with E-state index in [-0.39, 0.29) is 23.3 Å². The van der Waals surface area contributed by atoms with Gasteiger partial charge < -0.3 is 25.8 Å². The molecule has 1 fully saturated rings. The van der Waals surface area contributed by atoms with Gasteiger partial charge in [-0.2, -0.15) is 13.2 Å². The van der Waals surface area contributed by atoms with Crippen molar-refractivity contribution in [3.8, 4) is 0 Å². The lowest BCUT2D eigenvalue weighted by Gasteiger charge is -2.49. The molecular formula is C23H31F3N4O7S. The molecule has 1 aromatic rings. The number of fused-ring (bicyclic) bond motifs is 11. The van der Waals surface area contributed by atoms with Gasteiger partial charge in [0.1, 0.15) is 5.60 Å². The minimum absolute atomic E-state index is 0.0494. The van der Waals surface area contributed by atoms with Crippen molar-refractivity contribution >= 4 is 27.8 Å². The summed E-state index contributed by atoms with van der Waals surface area (Å²) in [5.74, 6) is -3.22. The average Bonchev–Trinajstić information content (AvgIpc) is 2.83. The largest absolute Gasteiger partial charge is 0.490 e. The number of hydrogen-bond acceptors (Lipinski definition) is 7. The molecular weight excluding hydrogens is 533 g/mol. The van der Waals surface area contributed by atoms with E-state index in [4.69, 9.17) is 20.4 Å². The Hall–Kier alpha value is -3.01. The summed E-state index contributed by atoms with van der Waals surface area (Å²) in [7, 11) is -2.16. The van der Waals surface area contributed by atoms with Crippen LogP contribution < -0.4 is 15.8 Å². The van der Waals surface area contributed by atoms with Crippen molar-refractivity contribution in [1.82, 2.24) is 14.9 Å². The minimum atomic E-state index is -5.08. The first-order valence-corrected chi connectivity index (χ1v) is 13.1. The monoisotopic (exact) mass is 564 g/mol. The molecule has 11 nitrogen and oxygen atoms in total. The fourth-order valence-electron chi connectivity index (χ4n) is 3.73. The number of carboxylic acids is 1. The summed E-state index contributed by atoms with van der Waals surface area (Å²) < 4.78 is 65.0. The van der Waals surface area contributed by atoms with Crippen molar-refractivity contribution < 1.29 is 45.8 Å². The first kappa shape index (κ1) is 31.2. The van der Waals surface area contributed by atoms with Crippen molar-refractivity contribution in [2.24, 2.45) is 5.73 Å². The Morgan fingerprint density at radius 2 is 1.89 bits per heavy atom. The van der Waals surface area contributed by atoms with E-state index < -0.39 is 33.8 Å². The number of sulfonamides is 1. The van der Waals surface area contributed by atoms with Gasteiger partial charge in [0.05, 0.1) is 24.0 Å². The van der Waals surface area contributed by atoms with Crippen molar-refractivity contribution in [2.45, 2.75) is 48.4 Å². The maximum absolute atomic E-state index is 12.8. The standard InChI is InChI=1S/C21H30N4O5S.C2HF3O2/c1-30-21-10-12-23-19(26)18(22)9-4-2-3-5-11-24-31(28,29)17-8-6-7-16(13-17)20(27)25(14-21)15-21;3-2(4,5)1(6)7/h3,5-8,13,18,24H,2,4,9-12,14-15,22H2,1H3,(H,23,26);(H,6,7)/b5-3-;. The summed E-state index contributed by atoms with van der Waals surface area (Å²) >= 11 is 0. The van der Waals surface area contributed by atoms with Gasteiger partial charge in [-0.15, -0.1) is 0 Å². The number of halogens is 3. The van der Waals surface area contributed by atoms with E-state index in [0.717, 1.165) is 6.42 Å². The lowest BCUT2D eigenvalue weighted by atomic mass is 9.89. The number of ether oxygens (including phenoxy) is 1. The average molecular weight is 565 g/mol. The third-order valence-electron chi connectivity index (χ3n) is 5.97. The highest BCUT2D eigenvalue weighted by molar-refractivity contribution is 7.89. The predicted octanol–water partition coefficient (Wildman–Crippen LogP) is 1.01. The molecule has 0 aliphatic carbocycles. The molecule has 2 amide bonds. The van der Waals surface area contributed by atoms with Gasteiger partial charge in [0, 0.05) is 25.8 Å². The van der Waals surface area contributed by atoms with Crippen LogP contribution in [-0.4, -0.2) is 87.3 Å². The van der Waals surface area contributed by atoms with Crippen LogP contribution in [0.1, 0.15) is 36.0 Å². The number of nitrogens with one attached hydrogen (secondary N) is 2. The number of allylic oxidation sites excluding steroid dienone is 1. The number of carbonyl (C=O) groups excluding carboxylic acids is 2. The number of carbonyl (C=O) groups is 3. The molecule has 3 aliphatic heterocycles. The Labute approximate surface area is 218 Å². The summed E-state index contributed by atoms with van der Waals surface area (Å²) in [5, 5.41) is 9.98. The molecule has 5 N–H and O–H groups in total. The van der Waals surface area contributed by atoms with Gasteiger partial charge in [-0.25, -0.2) is 17.9 Å². The van der Waals surface area contributed by atoms with E-state index >= 15 is 0 Å². The van der Waals surface area contributed by atoms with Gasteiger partial charge >= 0.3 is 12.1 Å². The van der Waals surface area contributed by atoms with Gasteiger partial charge in [-0.1, -0.05) is 18.2 Å². The first-order chi connectivity index (χ1) is 17.7. The van der Waals surface area contributed by atoms with Gasteiger partial charge in [-0.05, 0) is 43.9 Å². The number of benzene rings is 1. The Balaban J connectivity index is 0.000000638. The first-order valence-electron chi connectivity index (χ1n) is 11.6. The van der Waals surface area contributed by atoms with E-state index in [1.54, 1.807) is 30.2 Å². The van der Waals surface area contributed by atoms with Gasteiger partial charge in [0.15, 0.2) is 0 Å². The zero-order chi connectivity index (χ0) is 28.6. The highest BCUT2D eigenvalue weighted by Gasteiger charge is 2.45. The van der Waals surface area contributed by atoms with Crippen LogP contribution in [0.4, 0.5) is 13.2 Å². The Bertz CT molecular complexity index is 1140. The number of carboxylic acid groups (broad SMARTS) is 1. The van der Waals surface area contributed by atoms with Crippen LogP contribution in [0.5, 0.6) is 0 Å². The van der Waals surface area contributed by atoms with Gasteiger partial charge in [0.2, 0.25) is 15.9 Å². The second kappa shape index (κ2) is 13.2. The molecule has 0 aromatic heterocycles. The zero-order valence-corrected chi connectivity index (χ0v) is 21.5. The number of methoxy groups -OCH3 is 1. The van der Waals surface area contributed by atoms with Crippen molar-refractivity contribution in [3.05, 3.63) is 42.0 Å². The summed E-state index contributed by atoms with van der Waals surface area (Å²) in [6.45, 7) is 1.27. The van der Waals surface area contributed by atoms with Crippen molar-refractivity contribution in [1.29, 1.82) is 0 Å². The van der Waals surface area contributed by atoms with Crippen LogP contribution >= 0.6 is 0 Å². The van der Waals surface area contributed by atoms with Crippen molar-refractivity contribution in [3.63, 3.8) is 0 Å². The Morgan fingerprint density at radius 1 is 1.24 bits per heavy atom. The lowest BCUT2D eigenvalue weighted by molar-refractivity contribution is -0.192. The smallest absolute Gasteiger partial charge is 0.475 e. The minimum Gasteiger partial charge on any atom is -0.475 e. The number of aliphatic carboxylic acids is 1. The second-order valence-electron chi connectivity index (χ2n) is 8.78. The Morgan fingerprint density at radius 3 is 2.50 bits per heavy atom. The second-order valence-corrected chi connectivity index (χ2v) is 10.5. The summed E-state index contributed by atoms with van der Waals surface area (Å²) in [4.78, 5) is 35.6. The molecule has 3 aliphatic rings. The predicted molar refractivity (Wildman–Crippen MR) is 130 cm³/mol. The van der Waals surface area contributed by atoms with E-state index in [1.807, 2.05) is 6.08 Å². The molecule has 0 radical (unpaired) electrons. The molecule has 4 rings (SSSR count). The third kappa shape index (κ3) is 8.79. The van der Waals surface area contributed by atoms with Crippen LogP contribution in [0.15, 0.2) is 41.3 Å². The fourth-order valence-corrected chi connectivity index (χ4v) is 4.76. The fraction of sp³-hybridized carbons (Fsp3) is 0.522. The normalized spacial score (nSPS) is 23.1. The molecule has 38 heavy (non-hydrogen) atoms. The van der Waals surface area contributed by atoms with Crippen LogP contribution in [0, 0.1) is 0 Å². The molecule has 212 valence electrons. The number of nitrogens with zero attached hydrogens (tertiary/aromatic N) is 1. The highest BCUT2D eigenvalue weighted by Crippen LogP contribution is 2.29. The molecule has 3 heterocycles. The zero-order valence-electron chi connectivity index (χ0n) is 20.7. The van der Waals surface area contributed by atoms with E-state index in [9.17, 15) is 31.2 Å². The molecule has 4 bridgehead atoms. The number of nitrogens with two attached hydrogens (primary N) is 1. The molecule has 0 spiro atoms. The maximum atomic E-state index is 12.8. The topological polar surface area (TPSA) is 168 Å². The van der Waals surface area contributed by atoms with Crippen LogP contribution in [0.25, 0.3) is 0 Å².